The van der Waals surface area contributed by atoms with Crippen molar-refractivity contribution < 1.29 is 8.42 Å². The van der Waals surface area contributed by atoms with Crippen molar-refractivity contribution in [2.45, 2.75) is 38.0 Å². The van der Waals surface area contributed by atoms with Crippen LogP contribution in [-0.4, -0.2) is 43.2 Å². The maximum atomic E-state index is 11.3. The predicted molar refractivity (Wildman–Crippen MR) is 103 cm³/mol. The van der Waals surface area contributed by atoms with Gasteiger partial charge >= 0.3 is 0 Å². The molecule has 0 saturated heterocycles. The number of benzene rings is 1. The van der Waals surface area contributed by atoms with Gasteiger partial charge < -0.3 is 10.2 Å². The van der Waals surface area contributed by atoms with Gasteiger partial charge in [-0.25, -0.2) is 13.6 Å². The molecular weight excluding hydrogens is 352 g/mol. The second kappa shape index (κ2) is 9.44. The summed E-state index contributed by atoms with van der Waals surface area (Å²) in [5, 5.41) is 16.5. The molecule has 0 amide bonds. The standard InChI is InChI=1S/C17H26N6O2S/c1-3-11-23(12-4-2)17-21-16(13-20-22-17)19-10-9-14-5-7-15(8-6-14)26(18,24)25/h5-8,13H,3-4,9-12H2,1-2H3,(H2,18,24,25)(H,19,21,22). The number of hydrogen-bond donors (Lipinski definition) is 2. The number of hydrogen-bond acceptors (Lipinski definition) is 7. The van der Waals surface area contributed by atoms with Crippen LogP contribution in [0.1, 0.15) is 32.3 Å². The maximum absolute atomic E-state index is 11.3. The Balaban J connectivity index is 1.94. The molecule has 2 rings (SSSR count). The van der Waals surface area contributed by atoms with Crippen molar-refractivity contribution in [3.8, 4) is 0 Å². The number of nitrogens with two attached hydrogens (primary N) is 1. The molecule has 9 heteroatoms. The van der Waals surface area contributed by atoms with Gasteiger partial charge in [0.15, 0.2) is 5.82 Å². The van der Waals surface area contributed by atoms with E-state index in [9.17, 15) is 8.42 Å². The van der Waals surface area contributed by atoms with E-state index in [0.717, 1.165) is 37.9 Å². The van der Waals surface area contributed by atoms with E-state index in [0.29, 0.717) is 18.3 Å². The van der Waals surface area contributed by atoms with E-state index in [2.05, 4.69) is 39.2 Å². The van der Waals surface area contributed by atoms with Crippen LogP contribution >= 0.6 is 0 Å². The van der Waals surface area contributed by atoms with E-state index in [4.69, 9.17) is 5.14 Å². The Morgan fingerprint density at radius 2 is 1.77 bits per heavy atom. The first-order chi connectivity index (χ1) is 12.4. The monoisotopic (exact) mass is 378 g/mol. The van der Waals surface area contributed by atoms with Gasteiger partial charge in [-0.3, -0.25) is 0 Å². The van der Waals surface area contributed by atoms with Crippen LogP contribution in [0, 0.1) is 0 Å². The average molecular weight is 379 g/mol. The first-order valence-corrected chi connectivity index (χ1v) is 10.3. The van der Waals surface area contributed by atoms with Crippen LogP contribution < -0.4 is 15.4 Å². The van der Waals surface area contributed by atoms with E-state index in [1.54, 1.807) is 18.3 Å². The van der Waals surface area contributed by atoms with E-state index in [1.165, 1.54) is 12.1 Å². The van der Waals surface area contributed by atoms with E-state index < -0.39 is 10.0 Å². The molecule has 0 aliphatic rings. The fourth-order valence-corrected chi connectivity index (χ4v) is 3.06. The summed E-state index contributed by atoms with van der Waals surface area (Å²) in [6.45, 7) is 6.69. The van der Waals surface area contributed by atoms with E-state index in [-0.39, 0.29) is 4.90 Å². The third-order valence-corrected chi connectivity index (χ3v) is 4.72. The molecule has 0 spiro atoms. The van der Waals surface area contributed by atoms with Gasteiger partial charge in [0.1, 0.15) is 0 Å². The third-order valence-electron chi connectivity index (χ3n) is 3.79. The molecular formula is C17H26N6O2S. The summed E-state index contributed by atoms with van der Waals surface area (Å²) < 4.78 is 22.5. The Morgan fingerprint density at radius 3 is 2.35 bits per heavy atom. The zero-order valence-corrected chi connectivity index (χ0v) is 16.0. The smallest absolute Gasteiger partial charge is 0.247 e. The summed E-state index contributed by atoms with van der Waals surface area (Å²) in [5.74, 6) is 1.31. The minimum absolute atomic E-state index is 0.116. The number of rotatable bonds is 10. The van der Waals surface area contributed by atoms with Gasteiger partial charge in [0.05, 0.1) is 11.1 Å². The van der Waals surface area contributed by atoms with Gasteiger partial charge in [0.25, 0.3) is 0 Å². The molecule has 0 aliphatic carbocycles. The molecule has 26 heavy (non-hydrogen) atoms. The van der Waals surface area contributed by atoms with Gasteiger partial charge in [0, 0.05) is 19.6 Å². The minimum Gasteiger partial charge on any atom is -0.368 e. The molecule has 0 bridgehead atoms. The highest BCUT2D eigenvalue weighted by atomic mass is 32.2. The van der Waals surface area contributed by atoms with E-state index in [1.807, 2.05) is 0 Å². The normalized spacial score (nSPS) is 11.3. The Morgan fingerprint density at radius 1 is 1.12 bits per heavy atom. The van der Waals surface area contributed by atoms with Crippen LogP contribution in [-0.2, 0) is 16.4 Å². The second-order valence-electron chi connectivity index (χ2n) is 5.99. The lowest BCUT2D eigenvalue weighted by atomic mass is 10.1. The quantitative estimate of drug-likeness (QED) is 0.648. The van der Waals surface area contributed by atoms with Crippen molar-refractivity contribution in [2.24, 2.45) is 5.14 Å². The Hall–Kier alpha value is -2.26. The number of aromatic nitrogens is 3. The van der Waals surface area contributed by atoms with Crippen LogP contribution in [0.25, 0.3) is 0 Å². The number of anilines is 2. The van der Waals surface area contributed by atoms with Gasteiger partial charge in [-0.1, -0.05) is 26.0 Å². The lowest BCUT2D eigenvalue weighted by Crippen LogP contribution is -2.27. The Labute approximate surface area is 154 Å². The summed E-state index contributed by atoms with van der Waals surface area (Å²) in [4.78, 5) is 6.78. The molecule has 0 fully saturated rings. The minimum atomic E-state index is -3.65. The molecule has 142 valence electrons. The van der Waals surface area contributed by atoms with Crippen molar-refractivity contribution >= 4 is 21.8 Å². The topological polar surface area (TPSA) is 114 Å². The molecule has 0 saturated carbocycles. The number of nitrogens with zero attached hydrogens (tertiary/aromatic N) is 4. The fraction of sp³-hybridized carbons (Fsp3) is 0.471. The highest BCUT2D eigenvalue weighted by Crippen LogP contribution is 2.12. The molecule has 0 aliphatic heterocycles. The first kappa shape index (κ1) is 20.1. The van der Waals surface area contributed by atoms with Crippen LogP contribution in [0.2, 0.25) is 0 Å². The Kier molecular flexibility index (Phi) is 7.28. The average Bonchev–Trinajstić information content (AvgIpc) is 2.61. The zero-order valence-electron chi connectivity index (χ0n) is 15.2. The summed E-state index contributed by atoms with van der Waals surface area (Å²) in [5.41, 5.74) is 1.01. The van der Waals surface area contributed by atoms with Gasteiger partial charge in [-0.15, -0.1) is 5.10 Å². The highest BCUT2D eigenvalue weighted by molar-refractivity contribution is 7.89. The van der Waals surface area contributed by atoms with Crippen molar-refractivity contribution in [3.05, 3.63) is 36.0 Å². The molecule has 1 heterocycles. The Bertz CT molecular complexity index is 789. The predicted octanol–water partition coefficient (Wildman–Crippen LogP) is 1.80. The summed E-state index contributed by atoms with van der Waals surface area (Å²) in [6, 6.07) is 6.55. The summed E-state index contributed by atoms with van der Waals surface area (Å²) in [6.07, 6.45) is 4.37. The van der Waals surface area contributed by atoms with Gasteiger partial charge in [-0.2, -0.15) is 10.1 Å². The van der Waals surface area contributed by atoms with Crippen LogP contribution in [0.3, 0.4) is 0 Å². The fourth-order valence-electron chi connectivity index (χ4n) is 2.55. The van der Waals surface area contributed by atoms with Gasteiger partial charge in [-0.05, 0) is 37.0 Å². The van der Waals surface area contributed by atoms with Gasteiger partial charge in [0.2, 0.25) is 16.0 Å². The molecule has 0 atom stereocenters. The summed E-state index contributed by atoms with van der Waals surface area (Å²) >= 11 is 0. The van der Waals surface area contributed by atoms with Crippen LogP contribution in [0.15, 0.2) is 35.4 Å². The second-order valence-corrected chi connectivity index (χ2v) is 7.56. The molecule has 3 N–H and O–H groups in total. The molecule has 1 aromatic carbocycles. The van der Waals surface area contributed by atoms with Crippen LogP contribution in [0.4, 0.5) is 11.8 Å². The molecule has 0 radical (unpaired) electrons. The number of primary sulfonamides is 1. The number of nitrogens with one attached hydrogen (secondary N) is 1. The number of sulfonamides is 1. The summed E-state index contributed by atoms with van der Waals surface area (Å²) in [7, 11) is -3.65. The molecule has 8 nitrogen and oxygen atoms in total. The SMILES string of the molecule is CCCN(CCC)c1nncc(NCCc2ccc(S(N)(=O)=O)cc2)n1. The molecule has 1 aromatic heterocycles. The van der Waals surface area contributed by atoms with E-state index >= 15 is 0 Å². The van der Waals surface area contributed by atoms with Crippen LogP contribution in [0.5, 0.6) is 0 Å². The lowest BCUT2D eigenvalue weighted by Gasteiger charge is -2.21. The largest absolute Gasteiger partial charge is 0.368 e. The lowest BCUT2D eigenvalue weighted by molar-refractivity contribution is 0.598. The van der Waals surface area contributed by atoms with Crippen molar-refractivity contribution in [3.63, 3.8) is 0 Å². The highest BCUT2D eigenvalue weighted by Gasteiger charge is 2.10. The van der Waals surface area contributed by atoms with Crippen molar-refractivity contribution in [2.75, 3.05) is 29.9 Å². The molecule has 2 aromatic rings. The third kappa shape index (κ3) is 5.92. The van der Waals surface area contributed by atoms with Crippen molar-refractivity contribution in [1.29, 1.82) is 0 Å². The first-order valence-electron chi connectivity index (χ1n) is 8.74. The maximum Gasteiger partial charge on any atom is 0.247 e. The molecule has 0 unspecified atom stereocenters. The van der Waals surface area contributed by atoms with Crippen molar-refractivity contribution in [1.82, 2.24) is 15.2 Å². The zero-order chi connectivity index (χ0) is 19.0.